The molecule has 140 valence electrons. The molecule has 0 aromatic rings. The monoisotopic (exact) mass is 353 g/mol. The molecule has 1 amide bonds. The van der Waals surface area contributed by atoms with E-state index in [-0.39, 0.29) is 5.41 Å². The van der Waals surface area contributed by atoms with E-state index in [0.717, 1.165) is 39.2 Å². The molecule has 6 heteroatoms. The number of nitrogens with one attached hydrogen (secondary N) is 1. The normalized spacial score (nSPS) is 26.6. The fourth-order valence-electron chi connectivity index (χ4n) is 4.66. The smallest absolute Gasteiger partial charge is 0.247 e. The number of nitrogens with zero attached hydrogens (tertiary/aromatic N) is 2. The first-order chi connectivity index (χ1) is 11.8. The lowest BCUT2D eigenvalue weighted by molar-refractivity contribution is -0.133. The van der Waals surface area contributed by atoms with E-state index >= 15 is 0 Å². The van der Waals surface area contributed by atoms with E-state index in [1.54, 1.807) is 0 Å². The summed E-state index contributed by atoms with van der Waals surface area (Å²) in [6.45, 7) is 2.31. The molecular weight excluding hydrogens is 324 g/mol. The summed E-state index contributed by atoms with van der Waals surface area (Å²) in [5, 5.41) is 12.0. The summed E-state index contributed by atoms with van der Waals surface area (Å²) in [4.78, 5) is 14.7. The van der Waals surface area contributed by atoms with Crippen molar-refractivity contribution in [3.05, 3.63) is 0 Å². The number of piperidine rings is 1. The number of carbonyl (C=O) groups excluding carboxylic acids is 1. The van der Waals surface area contributed by atoms with Crippen LogP contribution in [0.3, 0.4) is 0 Å². The second-order valence-corrected chi connectivity index (χ2v) is 8.61. The fourth-order valence-corrected chi connectivity index (χ4v) is 4.66. The summed E-state index contributed by atoms with van der Waals surface area (Å²) in [6.07, 6.45) is 8.80. The number of likely N-dealkylation sites (tertiary alicyclic amines) is 1. The molecule has 3 rings (SSSR count). The Kier molecular flexibility index (Phi) is 5.07. The molecule has 3 fully saturated rings. The van der Waals surface area contributed by atoms with Crippen molar-refractivity contribution in [3.63, 3.8) is 0 Å². The molecule has 0 aromatic heterocycles. The minimum atomic E-state index is -2.90. The van der Waals surface area contributed by atoms with Crippen molar-refractivity contribution in [2.24, 2.45) is 5.41 Å². The zero-order valence-electron chi connectivity index (χ0n) is 15.1. The maximum atomic E-state index is 13.8. The summed E-state index contributed by atoms with van der Waals surface area (Å²) in [6, 6.07) is 1.28. The van der Waals surface area contributed by atoms with E-state index in [9.17, 15) is 18.8 Å². The average Bonchev–Trinajstić information content (AvgIpc) is 3.32. The highest BCUT2D eigenvalue weighted by atomic mass is 19.3. The average molecular weight is 353 g/mol. The number of nitriles is 1. The third-order valence-corrected chi connectivity index (χ3v) is 6.23. The predicted octanol–water partition coefficient (Wildman–Crippen LogP) is 3.62. The highest BCUT2D eigenvalue weighted by molar-refractivity contribution is 5.83. The van der Waals surface area contributed by atoms with E-state index in [0.29, 0.717) is 19.4 Å². The van der Waals surface area contributed by atoms with E-state index in [2.05, 4.69) is 11.4 Å². The van der Waals surface area contributed by atoms with Gasteiger partial charge in [0.25, 0.3) is 0 Å². The molecule has 1 spiro atoms. The topological polar surface area (TPSA) is 56.1 Å². The van der Waals surface area contributed by atoms with Crippen LogP contribution in [0.1, 0.15) is 71.1 Å². The Morgan fingerprint density at radius 1 is 1.20 bits per heavy atom. The van der Waals surface area contributed by atoms with Gasteiger partial charge in [0, 0.05) is 13.0 Å². The van der Waals surface area contributed by atoms with Gasteiger partial charge < -0.3 is 5.32 Å². The third-order valence-electron chi connectivity index (χ3n) is 6.23. The number of alkyl halides is 2. The molecule has 1 saturated heterocycles. The van der Waals surface area contributed by atoms with Gasteiger partial charge in [0.2, 0.25) is 11.8 Å². The van der Waals surface area contributed by atoms with Crippen molar-refractivity contribution >= 4 is 5.91 Å². The fraction of sp³-hybridized carbons (Fsp3) is 0.895. The van der Waals surface area contributed by atoms with Gasteiger partial charge in [0.1, 0.15) is 5.54 Å². The largest absolute Gasteiger partial charge is 0.336 e. The lowest BCUT2D eigenvalue weighted by Crippen LogP contribution is -2.56. The van der Waals surface area contributed by atoms with Gasteiger partial charge in [-0.05, 0) is 57.4 Å². The number of amides is 1. The van der Waals surface area contributed by atoms with Gasteiger partial charge in [-0.15, -0.1) is 0 Å². The van der Waals surface area contributed by atoms with Crippen molar-refractivity contribution in [2.75, 3.05) is 13.1 Å². The first kappa shape index (κ1) is 18.6. The molecule has 3 aliphatic rings. The van der Waals surface area contributed by atoms with Crippen molar-refractivity contribution < 1.29 is 13.6 Å². The molecule has 1 atom stereocenters. The lowest BCUT2D eigenvalue weighted by Gasteiger charge is -2.47. The maximum absolute atomic E-state index is 13.8. The number of hydrogen-bond donors (Lipinski definition) is 1. The van der Waals surface area contributed by atoms with Gasteiger partial charge in [-0.2, -0.15) is 5.26 Å². The molecule has 1 heterocycles. The summed E-state index contributed by atoms with van der Waals surface area (Å²) < 4.78 is 27.6. The summed E-state index contributed by atoms with van der Waals surface area (Å²) in [5.41, 5.74) is -0.610. The van der Waals surface area contributed by atoms with Crippen LogP contribution in [0.2, 0.25) is 0 Å². The van der Waals surface area contributed by atoms with E-state index in [1.807, 2.05) is 4.90 Å². The first-order valence-corrected chi connectivity index (χ1v) is 9.62. The number of halogens is 2. The molecule has 0 radical (unpaired) electrons. The molecule has 0 bridgehead atoms. The van der Waals surface area contributed by atoms with Crippen LogP contribution in [0.15, 0.2) is 0 Å². The summed E-state index contributed by atoms with van der Waals surface area (Å²) >= 11 is 0. The van der Waals surface area contributed by atoms with Crippen molar-refractivity contribution in [3.8, 4) is 6.07 Å². The van der Waals surface area contributed by atoms with Gasteiger partial charge >= 0.3 is 0 Å². The molecular formula is C19H29F2N3O. The Morgan fingerprint density at radius 2 is 1.84 bits per heavy atom. The summed E-state index contributed by atoms with van der Waals surface area (Å²) in [7, 11) is 0. The van der Waals surface area contributed by atoms with E-state index < -0.39 is 29.8 Å². The van der Waals surface area contributed by atoms with E-state index in [1.165, 1.54) is 19.3 Å². The Balaban J connectivity index is 1.74. The molecule has 0 unspecified atom stereocenters. The SMILES string of the molecule is CC(F)(F)C[C@@H](C(=O)NC1(C#N)CC1)N1CCCC2(CCCCC2)C1. The van der Waals surface area contributed by atoms with Crippen molar-refractivity contribution in [1.82, 2.24) is 10.2 Å². The van der Waals surface area contributed by atoms with Crippen LogP contribution in [0.5, 0.6) is 0 Å². The molecule has 2 saturated carbocycles. The Morgan fingerprint density at radius 3 is 2.40 bits per heavy atom. The minimum Gasteiger partial charge on any atom is -0.336 e. The van der Waals surface area contributed by atoms with E-state index in [4.69, 9.17) is 0 Å². The first-order valence-electron chi connectivity index (χ1n) is 9.62. The van der Waals surface area contributed by atoms with Gasteiger partial charge in [0.05, 0.1) is 12.1 Å². The zero-order chi connectivity index (χ0) is 18.1. The van der Waals surface area contributed by atoms with Crippen LogP contribution in [0.25, 0.3) is 0 Å². The van der Waals surface area contributed by atoms with Crippen LogP contribution < -0.4 is 5.32 Å². The highest BCUT2D eigenvalue weighted by Crippen LogP contribution is 2.44. The standard InChI is InChI=1S/C19H29F2N3O/c1-17(20,21)12-15(16(25)23-19(13-22)9-10-19)24-11-5-8-18(14-24)6-3-2-4-7-18/h15H,2-12,14H2,1H3,(H,23,25)/t15-/m0/s1. The van der Waals surface area contributed by atoms with Crippen LogP contribution >= 0.6 is 0 Å². The number of carbonyl (C=O) groups is 1. The van der Waals surface area contributed by atoms with Crippen molar-refractivity contribution in [1.29, 1.82) is 5.26 Å². The van der Waals surface area contributed by atoms with Crippen molar-refractivity contribution in [2.45, 2.75) is 88.6 Å². The van der Waals surface area contributed by atoms with Crippen LogP contribution in [-0.2, 0) is 4.79 Å². The zero-order valence-corrected chi connectivity index (χ0v) is 15.1. The molecule has 25 heavy (non-hydrogen) atoms. The van der Waals surface area contributed by atoms with Crippen LogP contribution in [-0.4, -0.2) is 41.4 Å². The van der Waals surface area contributed by atoms with Crippen LogP contribution in [0.4, 0.5) is 8.78 Å². The quantitative estimate of drug-likeness (QED) is 0.821. The molecule has 4 nitrogen and oxygen atoms in total. The van der Waals surface area contributed by atoms with Gasteiger partial charge in [0.15, 0.2) is 0 Å². The van der Waals surface area contributed by atoms with Gasteiger partial charge in [-0.3, -0.25) is 9.69 Å². The number of rotatable bonds is 5. The van der Waals surface area contributed by atoms with Gasteiger partial charge in [-0.1, -0.05) is 19.3 Å². The Bertz CT molecular complexity index is 536. The molecule has 1 aliphatic heterocycles. The molecule has 2 aliphatic carbocycles. The maximum Gasteiger partial charge on any atom is 0.247 e. The second-order valence-electron chi connectivity index (χ2n) is 8.61. The molecule has 1 N–H and O–H groups in total. The third kappa shape index (κ3) is 4.49. The lowest BCUT2D eigenvalue weighted by atomic mass is 9.69. The molecule has 0 aromatic carbocycles. The predicted molar refractivity (Wildman–Crippen MR) is 91.1 cm³/mol. The highest BCUT2D eigenvalue weighted by Gasteiger charge is 2.48. The Hall–Kier alpha value is -1.22. The number of hydrogen-bond acceptors (Lipinski definition) is 3. The van der Waals surface area contributed by atoms with Gasteiger partial charge in [-0.25, -0.2) is 8.78 Å². The minimum absolute atomic E-state index is 0.199. The second kappa shape index (κ2) is 6.83. The summed E-state index contributed by atoms with van der Waals surface area (Å²) in [5.74, 6) is -3.30. The Labute approximate surface area is 148 Å². The van der Waals surface area contributed by atoms with Crippen LogP contribution in [0, 0.1) is 16.7 Å².